The van der Waals surface area contributed by atoms with Crippen LogP contribution in [-0.4, -0.2) is 23.2 Å². The molecule has 3 heteroatoms. The van der Waals surface area contributed by atoms with Crippen molar-refractivity contribution < 1.29 is 9.90 Å². The van der Waals surface area contributed by atoms with Crippen molar-refractivity contribution in [2.75, 3.05) is 0 Å². The zero-order valence-corrected chi connectivity index (χ0v) is 6.42. The summed E-state index contributed by atoms with van der Waals surface area (Å²) in [4.78, 5) is 10.6. The van der Waals surface area contributed by atoms with Crippen LogP contribution < -0.4 is 5.32 Å². The first-order valence-corrected chi connectivity index (χ1v) is 4.26. The molecule has 2 aliphatic rings. The molecule has 0 aromatic rings. The first kappa shape index (κ1) is 7.10. The van der Waals surface area contributed by atoms with Crippen molar-refractivity contribution in [3.63, 3.8) is 0 Å². The molecule has 0 radical (unpaired) electrons. The van der Waals surface area contributed by atoms with E-state index in [1.54, 1.807) is 0 Å². The normalized spacial score (nSPS) is 42.4. The summed E-state index contributed by atoms with van der Waals surface area (Å²) in [7, 11) is 0. The third-order valence-corrected chi connectivity index (χ3v) is 2.91. The highest BCUT2D eigenvalue weighted by atomic mass is 16.4. The molecule has 11 heavy (non-hydrogen) atoms. The lowest BCUT2D eigenvalue weighted by Crippen LogP contribution is -2.34. The summed E-state index contributed by atoms with van der Waals surface area (Å²) in [6.07, 6.45) is 4.52. The first-order valence-electron chi connectivity index (χ1n) is 4.26. The van der Waals surface area contributed by atoms with Gasteiger partial charge in [-0.05, 0) is 25.2 Å². The highest BCUT2D eigenvalue weighted by molar-refractivity contribution is 5.74. The Hall–Kier alpha value is -0.570. The van der Waals surface area contributed by atoms with E-state index < -0.39 is 5.97 Å². The molecule has 2 fully saturated rings. The smallest absolute Gasteiger partial charge is 0.320 e. The summed E-state index contributed by atoms with van der Waals surface area (Å²) in [5, 5.41) is 11.9. The molecule has 3 nitrogen and oxygen atoms in total. The van der Waals surface area contributed by atoms with Gasteiger partial charge in [-0.2, -0.15) is 0 Å². The summed E-state index contributed by atoms with van der Waals surface area (Å²) >= 11 is 0. The van der Waals surface area contributed by atoms with Gasteiger partial charge in [0.1, 0.15) is 6.04 Å². The predicted molar refractivity (Wildman–Crippen MR) is 40.3 cm³/mol. The van der Waals surface area contributed by atoms with E-state index in [2.05, 4.69) is 5.32 Å². The number of carboxylic acid groups (broad SMARTS) is 1. The van der Waals surface area contributed by atoms with Crippen molar-refractivity contribution in [3.8, 4) is 0 Å². The van der Waals surface area contributed by atoms with E-state index in [-0.39, 0.29) is 6.04 Å². The van der Waals surface area contributed by atoms with Crippen molar-refractivity contribution in [2.45, 2.75) is 37.8 Å². The number of fused-ring (bicyclic) bond motifs is 1. The molecule has 1 saturated carbocycles. The Morgan fingerprint density at radius 2 is 2.27 bits per heavy atom. The molecule has 0 amide bonds. The molecule has 0 spiro atoms. The van der Waals surface area contributed by atoms with E-state index in [0.717, 1.165) is 6.42 Å². The second-order valence-corrected chi connectivity index (χ2v) is 3.59. The molecule has 2 N–H and O–H groups in total. The number of nitrogens with one attached hydrogen (secondary N) is 1. The quantitative estimate of drug-likeness (QED) is 0.583. The molecule has 0 aromatic heterocycles. The van der Waals surface area contributed by atoms with Gasteiger partial charge < -0.3 is 10.4 Å². The molecule has 62 valence electrons. The Balaban J connectivity index is 1.99. The molecule has 1 heterocycles. The lowest BCUT2D eigenvalue weighted by Gasteiger charge is -2.07. The van der Waals surface area contributed by atoms with Gasteiger partial charge in [-0.25, -0.2) is 0 Å². The lowest BCUT2D eigenvalue weighted by atomic mass is 10.0. The molecule has 1 saturated heterocycles. The molecule has 0 unspecified atom stereocenters. The Bertz CT molecular complexity index is 169. The average Bonchev–Trinajstić information content (AvgIpc) is 2.40. The van der Waals surface area contributed by atoms with Gasteiger partial charge in [0.05, 0.1) is 0 Å². The first-order chi connectivity index (χ1) is 5.27. The van der Waals surface area contributed by atoms with Crippen LogP contribution in [0.1, 0.15) is 25.7 Å². The number of carbonyl (C=O) groups is 1. The van der Waals surface area contributed by atoms with E-state index in [0.29, 0.717) is 12.0 Å². The van der Waals surface area contributed by atoms with Crippen LogP contribution >= 0.6 is 0 Å². The predicted octanol–water partition coefficient (Wildman–Crippen LogP) is 0.602. The third-order valence-electron chi connectivity index (χ3n) is 2.91. The summed E-state index contributed by atoms with van der Waals surface area (Å²) in [5.41, 5.74) is 0. The topological polar surface area (TPSA) is 49.3 Å². The van der Waals surface area contributed by atoms with Crippen molar-refractivity contribution in [3.05, 3.63) is 0 Å². The molecular formula is C8H13NO2. The van der Waals surface area contributed by atoms with Gasteiger partial charge in [0, 0.05) is 6.04 Å². The molecular weight excluding hydrogens is 142 g/mol. The van der Waals surface area contributed by atoms with E-state index in [9.17, 15) is 4.79 Å². The Morgan fingerprint density at radius 1 is 1.45 bits per heavy atom. The van der Waals surface area contributed by atoms with E-state index in [1.807, 2.05) is 0 Å². The van der Waals surface area contributed by atoms with E-state index >= 15 is 0 Å². The third kappa shape index (κ3) is 1.13. The number of aliphatic carboxylic acids is 1. The van der Waals surface area contributed by atoms with Gasteiger partial charge in [0.25, 0.3) is 0 Å². The van der Waals surface area contributed by atoms with Crippen LogP contribution in [0.2, 0.25) is 0 Å². The van der Waals surface area contributed by atoms with E-state index in [4.69, 9.17) is 5.11 Å². The monoisotopic (exact) mass is 155 g/mol. The van der Waals surface area contributed by atoms with Crippen LogP contribution in [-0.2, 0) is 4.79 Å². The number of carboxylic acids is 1. The van der Waals surface area contributed by atoms with Crippen LogP contribution in [0.3, 0.4) is 0 Å². The standard InChI is InChI=1S/C8H13NO2/c10-8(11)7-4-5-2-1-3-6(5)9-7/h5-7,9H,1-4H2,(H,10,11)/t5-,6+,7+/m0/s1. The van der Waals surface area contributed by atoms with Crippen LogP contribution in [0.25, 0.3) is 0 Å². The second-order valence-electron chi connectivity index (χ2n) is 3.59. The van der Waals surface area contributed by atoms with Crippen LogP contribution in [0, 0.1) is 5.92 Å². The summed E-state index contributed by atoms with van der Waals surface area (Å²) in [6, 6.07) is 0.251. The van der Waals surface area contributed by atoms with Gasteiger partial charge in [0.2, 0.25) is 0 Å². The Morgan fingerprint density at radius 3 is 2.91 bits per heavy atom. The summed E-state index contributed by atoms with van der Waals surface area (Å²) in [6.45, 7) is 0. The largest absolute Gasteiger partial charge is 0.480 e. The SMILES string of the molecule is O=C(O)[C@H]1C[C@@H]2CCC[C@H]2N1. The zero-order valence-electron chi connectivity index (χ0n) is 6.42. The second kappa shape index (κ2) is 2.48. The maximum atomic E-state index is 10.6. The number of hydrogen-bond acceptors (Lipinski definition) is 2. The number of hydrogen-bond donors (Lipinski definition) is 2. The van der Waals surface area contributed by atoms with Gasteiger partial charge in [-0.1, -0.05) is 6.42 Å². The molecule has 0 bridgehead atoms. The molecule has 1 aliphatic carbocycles. The van der Waals surface area contributed by atoms with Crippen LogP contribution in [0.15, 0.2) is 0 Å². The fourth-order valence-electron chi connectivity index (χ4n) is 2.34. The van der Waals surface area contributed by atoms with Crippen LogP contribution in [0.5, 0.6) is 0 Å². The summed E-state index contributed by atoms with van der Waals surface area (Å²) < 4.78 is 0. The average molecular weight is 155 g/mol. The van der Waals surface area contributed by atoms with Gasteiger partial charge in [-0.15, -0.1) is 0 Å². The fraction of sp³-hybridized carbons (Fsp3) is 0.875. The minimum atomic E-state index is -0.681. The minimum Gasteiger partial charge on any atom is -0.480 e. The highest BCUT2D eigenvalue weighted by Crippen LogP contribution is 2.34. The maximum absolute atomic E-state index is 10.6. The van der Waals surface area contributed by atoms with Crippen molar-refractivity contribution in [1.29, 1.82) is 0 Å². The fourth-order valence-corrected chi connectivity index (χ4v) is 2.34. The van der Waals surface area contributed by atoms with Gasteiger partial charge >= 0.3 is 5.97 Å². The zero-order chi connectivity index (χ0) is 7.84. The molecule has 2 rings (SSSR count). The van der Waals surface area contributed by atoms with Crippen molar-refractivity contribution in [1.82, 2.24) is 5.32 Å². The van der Waals surface area contributed by atoms with Crippen LogP contribution in [0.4, 0.5) is 0 Å². The molecule has 1 aliphatic heterocycles. The molecule has 3 atom stereocenters. The number of rotatable bonds is 1. The minimum absolute atomic E-state index is 0.259. The lowest BCUT2D eigenvalue weighted by molar-refractivity contribution is -0.139. The maximum Gasteiger partial charge on any atom is 0.320 e. The van der Waals surface area contributed by atoms with Crippen molar-refractivity contribution >= 4 is 5.97 Å². The van der Waals surface area contributed by atoms with Gasteiger partial charge in [-0.3, -0.25) is 4.79 Å². The Kier molecular flexibility index (Phi) is 1.60. The van der Waals surface area contributed by atoms with E-state index in [1.165, 1.54) is 19.3 Å². The summed E-state index contributed by atoms with van der Waals surface area (Å²) in [5.74, 6) is -0.0319. The Labute approximate surface area is 65.8 Å². The molecule has 0 aromatic carbocycles. The highest BCUT2D eigenvalue weighted by Gasteiger charge is 2.39. The van der Waals surface area contributed by atoms with Crippen molar-refractivity contribution in [2.24, 2.45) is 5.92 Å². The van der Waals surface area contributed by atoms with Gasteiger partial charge in [0.15, 0.2) is 0 Å².